The minimum Gasteiger partial charge on any atom is -0.258 e. The number of nitro benzene ring substituents is 1. The van der Waals surface area contributed by atoms with E-state index in [-0.39, 0.29) is 11.4 Å². The molecule has 0 unspecified atom stereocenters. The molecule has 114 valence electrons. The third-order valence-corrected chi connectivity index (χ3v) is 4.67. The molecule has 0 N–H and O–H groups in total. The first-order valence-electron chi connectivity index (χ1n) is 6.25. The fourth-order valence-electron chi connectivity index (χ4n) is 1.75. The zero-order valence-corrected chi connectivity index (χ0v) is 13.7. The summed E-state index contributed by atoms with van der Waals surface area (Å²) < 4.78 is 25.0. The molecular formula is C15H12BrNO4S. The zero-order valence-electron chi connectivity index (χ0n) is 11.3. The minimum absolute atomic E-state index is 0.0634. The number of hydrogen-bond donors (Lipinski definition) is 0. The molecule has 0 spiro atoms. The summed E-state index contributed by atoms with van der Waals surface area (Å²) in [6.07, 6.45) is 1.52. The molecule has 0 saturated carbocycles. The van der Waals surface area contributed by atoms with Crippen molar-refractivity contribution in [2.75, 3.05) is 0 Å². The van der Waals surface area contributed by atoms with E-state index in [4.69, 9.17) is 0 Å². The first-order valence-corrected chi connectivity index (χ1v) is 8.76. The molecule has 0 atom stereocenters. The van der Waals surface area contributed by atoms with E-state index in [1.807, 2.05) is 12.1 Å². The van der Waals surface area contributed by atoms with Crippen molar-refractivity contribution in [3.63, 3.8) is 0 Å². The molecule has 2 rings (SSSR count). The van der Waals surface area contributed by atoms with Crippen molar-refractivity contribution in [3.05, 3.63) is 79.7 Å². The maximum absolute atomic E-state index is 12.0. The topological polar surface area (TPSA) is 77.3 Å². The number of sulfone groups is 1. The molecule has 22 heavy (non-hydrogen) atoms. The smallest absolute Gasteiger partial charge is 0.258 e. The van der Waals surface area contributed by atoms with Gasteiger partial charge in [-0.15, -0.1) is 0 Å². The lowest BCUT2D eigenvalue weighted by Gasteiger charge is -2.00. The van der Waals surface area contributed by atoms with E-state index in [2.05, 4.69) is 15.9 Å². The summed E-state index contributed by atoms with van der Waals surface area (Å²) in [4.78, 5) is 10.0. The van der Waals surface area contributed by atoms with Crippen LogP contribution in [0.1, 0.15) is 11.1 Å². The molecule has 0 aliphatic carbocycles. The molecule has 0 aliphatic heterocycles. The SMILES string of the molecule is O=[N+]([O-])c1ccc(CS(=O)(=O)C=Cc2ccc(Br)cc2)cc1. The Balaban J connectivity index is 2.10. The van der Waals surface area contributed by atoms with Gasteiger partial charge in [0.25, 0.3) is 5.69 Å². The molecule has 0 fully saturated rings. The van der Waals surface area contributed by atoms with Crippen LogP contribution in [0.3, 0.4) is 0 Å². The van der Waals surface area contributed by atoms with E-state index >= 15 is 0 Å². The highest BCUT2D eigenvalue weighted by Gasteiger charge is 2.10. The van der Waals surface area contributed by atoms with Crippen molar-refractivity contribution in [3.8, 4) is 0 Å². The Hall–Kier alpha value is -1.99. The van der Waals surface area contributed by atoms with E-state index in [0.717, 1.165) is 15.4 Å². The fourth-order valence-corrected chi connectivity index (χ4v) is 3.13. The van der Waals surface area contributed by atoms with Crippen LogP contribution in [0.2, 0.25) is 0 Å². The number of nitrogens with zero attached hydrogens (tertiary/aromatic N) is 1. The van der Waals surface area contributed by atoms with Crippen LogP contribution >= 0.6 is 15.9 Å². The van der Waals surface area contributed by atoms with Gasteiger partial charge in [0.1, 0.15) is 0 Å². The average Bonchev–Trinajstić information content (AvgIpc) is 2.47. The number of rotatable bonds is 5. The summed E-state index contributed by atoms with van der Waals surface area (Å²) in [5.74, 6) is -0.196. The van der Waals surface area contributed by atoms with Crippen molar-refractivity contribution < 1.29 is 13.3 Å². The Morgan fingerprint density at radius 1 is 1.05 bits per heavy atom. The van der Waals surface area contributed by atoms with Crippen LogP contribution in [0.15, 0.2) is 58.4 Å². The van der Waals surface area contributed by atoms with E-state index < -0.39 is 14.8 Å². The quantitative estimate of drug-likeness (QED) is 0.580. The third kappa shape index (κ3) is 4.78. The van der Waals surface area contributed by atoms with Gasteiger partial charge in [-0.1, -0.05) is 40.2 Å². The zero-order chi connectivity index (χ0) is 16.2. The highest BCUT2D eigenvalue weighted by Crippen LogP contribution is 2.16. The van der Waals surface area contributed by atoms with Gasteiger partial charge in [-0.3, -0.25) is 10.1 Å². The van der Waals surface area contributed by atoms with Gasteiger partial charge in [0.2, 0.25) is 0 Å². The van der Waals surface area contributed by atoms with Crippen LogP contribution in [0.4, 0.5) is 5.69 Å². The van der Waals surface area contributed by atoms with Crippen LogP contribution in [0.5, 0.6) is 0 Å². The van der Waals surface area contributed by atoms with E-state index in [1.54, 1.807) is 12.1 Å². The third-order valence-electron chi connectivity index (χ3n) is 2.85. The lowest BCUT2D eigenvalue weighted by Crippen LogP contribution is -2.00. The summed E-state index contributed by atoms with van der Waals surface area (Å²) in [6, 6.07) is 12.7. The van der Waals surface area contributed by atoms with Gasteiger partial charge in [0.15, 0.2) is 9.84 Å². The number of benzene rings is 2. The maximum Gasteiger partial charge on any atom is 0.269 e. The van der Waals surface area contributed by atoms with Gasteiger partial charge in [0.05, 0.1) is 10.7 Å². The molecule has 0 aliphatic rings. The number of non-ortho nitro benzene ring substituents is 1. The Morgan fingerprint density at radius 2 is 1.64 bits per heavy atom. The molecule has 0 amide bonds. The monoisotopic (exact) mass is 381 g/mol. The second kappa shape index (κ2) is 6.85. The molecular weight excluding hydrogens is 370 g/mol. The average molecular weight is 382 g/mol. The Kier molecular flexibility index (Phi) is 5.10. The van der Waals surface area contributed by atoms with Crippen LogP contribution in [-0.4, -0.2) is 13.3 Å². The predicted molar refractivity (Wildman–Crippen MR) is 88.9 cm³/mol. The molecule has 0 radical (unpaired) electrons. The fraction of sp³-hybridized carbons (Fsp3) is 0.0667. The summed E-state index contributed by atoms with van der Waals surface area (Å²) in [7, 11) is -3.44. The van der Waals surface area contributed by atoms with Crippen molar-refractivity contribution in [1.29, 1.82) is 0 Å². The lowest BCUT2D eigenvalue weighted by atomic mass is 10.2. The van der Waals surface area contributed by atoms with Gasteiger partial charge < -0.3 is 0 Å². The van der Waals surface area contributed by atoms with Crippen LogP contribution in [-0.2, 0) is 15.6 Å². The van der Waals surface area contributed by atoms with Gasteiger partial charge in [0, 0.05) is 22.0 Å². The van der Waals surface area contributed by atoms with E-state index in [1.165, 1.54) is 30.3 Å². The lowest BCUT2D eigenvalue weighted by molar-refractivity contribution is -0.384. The highest BCUT2D eigenvalue weighted by atomic mass is 79.9. The van der Waals surface area contributed by atoms with Crippen molar-refractivity contribution in [2.45, 2.75) is 5.75 Å². The molecule has 7 heteroatoms. The van der Waals surface area contributed by atoms with Crippen molar-refractivity contribution >= 4 is 37.5 Å². The van der Waals surface area contributed by atoms with Gasteiger partial charge in [-0.25, -0.2) is 8.42 Å². The molecule has 2 aromatic rings. The van der Waals surface area contributed by atoms with E-state index in [9.17, 15) is 18.5 Å². The van der Waals surface area contributed by atoms with Gasteiger partial charge in [-0.05, 0) is 29.3 Å². The first kappa shape index (κ1) is 16.4. The van der Waals surface area contributed by atoms with Gasteiger partial charge in [-0.2, -0.15) is 0 Å². The molecule has 0 heterocycles. The number of hydrogen-bond acceptors (Lipinski definition) is 4. The Labute approximate surface area is 136 Å². The van der Waals surface area contributed by atoms with Crippen molar-refractivity contribution in [1.82, 2.24) is 0 Å². The standard InChI is InChI=1S/C15H12BrNO4S/c16-14-5-1-12(2-6-14)9-10-22(20,21)11-13-3-7-15(8-4-13)17(18)19/h1-10H,11H2. The van der Waals surface area contributed by atoms with E-state index in [0.29, 0.717) is 5.56 Å². The van der Waals surface area contributed by atoms with Gasteiger partial charge >= 0.3 is 0 Å². The Morgan fingerprint density at radius 3 is 2.18 bits per heavy atom. The molecule has 0 bridgehead atoms. The second-order valence-corrected chi connectivity index (χ2v) is 7.39. The minimum atomic E-state index is -3.44. The van der Waals surface area contributed by atoms with Crippen LogP contribution < -0.4 is 0 Å². The van der Waals surface area contributed by atoms with Crippen molar-refractivity contribution in [2.24, 2.45) is 0 Å². The first-order chi connectivity index (χ1) is 10.4. The normalized spacial score (nSPS) is 11.7. The molecule has 0 aromatic heterocycles. The largest absolute Gasteiger partial charge is 0.269 e. The second-order valence-electron chi connectivity index (χ2n) is 4.59. The highest BCUT2D eigenvalue weighted by molar-refractivity contribution is 9.10. The maximum atomic E-state index is 12.0. The molecule has 0 saturated heterocycles. The summed E-state index contributed by atoms with van der Waals surface area (Å²) in [5.41, 5.74) is 1.22. The predicted octanol–water partition coefficient (Wildman–Crippen LogP) is 3.94. The summed E-state index contributed by atoms with van der Waals surface area (Å²) in [6.45, 7) is 0. The molecule has 2 aromatic carbocycles. The Bertz CT molecular complexity index is 796. The molecule has 5 nitrogen and oxygen atoms in total. The summed E-state index contributed by atoms with van der Waals surface area (Å²) in [5, 5.41) is 11.7. The number of halogens is 1. The van der Waals surface area contributed by atoms with Crippen LogP contribution in [0.25, 0.3) is 6.08 Å². The van der Waals surface area contributed by atoms with Crippen LogP contribution in [0, 0.1) is 10.1 Å². The summed E-state index contributed by atoms with van der Waals surface area (Å²) >= 11 is 3.31. The number of nitro groups is 1.